The number of anilines is 1. The number of ether oxygens (including phenoxy) is 1. The Hall–Kier alpha value is -2.97. The van der Waals surface area contributed by atoms with Crippen molar-refractivity contribution in [2.24, 2.45) is 5.73 Å². The summed E-state index contributed by atoms with van der Waals surface area (Å²) in [6, 6.07) is 1.51. The highest BCUT2D eigenvalue weighted by molar-refractivity contribution is 8.00. The van der Waals surface area contributed by atoms with E-state index < -0.39 is 45.3 Å². The first-order valence-corrected chi connectivity index (χ1v) is 12.0. The summed E-state index contributed by atoms with van der Waals surface area (Å²) in [6.07, 6.45) is 0. The van der Waals surface area contributed by atoms with Gasteiger partial charge in [0, 0.05) is 0 Å². The highest BCUT2D eigenvalue weighted by Gasteiger charge is 2.55. The molecule has 0 aromatic heterocycles. The Morgan fingerprint density at radius 3 is 2.69 bits per heavy atom. The number of phenols is 1. The van der Waals surface area contributed by atoms with Crippen LogP contribution in [0.2, 0.25) is 0 Å². The minimum atomic E-state index is -3.68. The number of hydrogen-bond acceptors (Lipinski definition) is 9. The number of carboxylic acids is 1. The molecule has 1 aromatic carbocycles. The number of carbonyl (C=O) groups excluding carboxylic acids is 2. The fourth-order valence-corrected chi connectivity index (χ4v) is 5.16. The third kappa shape index (κ3) is 4.33. The van der Waals surface area contributed by atoms with E-state index >= 15 is 0 Å². The summed E-state index contributed by atoms with van der Waals surface area (Å²) in [4.78, 5) is 37.8. The molecular formula is C18H22N4O8S2. The maximum atomic E-state index is 12.7. The van der Waals surface area contributed by atoms with E-state index in [2.05, 4.69) is 10.0 Å². The van der Waals surface area contributed by atoms with Crippen LogP contribution in [0.25, 0.3) is 0 Å². The van der Waals surface area contributed by atoms with E-state index in [1.165, 1.54) is 44.0 Å². The predicted molar refractivity (Wildman–Crippen MR) is 115 cm³/mol. The van der Waals surface area contributed by atoms with Crippen molar-refractivity contribution < 1.29 is 37.8 Å². The van der Waals surface area contributed by atoms with E-state index in [-0.39, 0.29) is 40.0 Å². The second kappa shape index (κ2) is 8.88. The minimum absolute atomic E-state index is 0.135. The molecular weight excluding hydrogens is 464 g/mol. The number of amides is 2. The molecule has 0 unspecified atom stereocenters. The molecule has 0 radical (unpaired) electrons. The smallest absolute Gasteiger partial charge is 0.356 e. The lowest BCUT2D eigenvalue weighted by atomic mass is 10.0. The monoisotopic (exact) mass is 486 g/mol. The number of methoxy groups -OCH3 is 1. The number of aromatic hydroxyl groups is 1. The Morgan fingerprint density at radius 1 is 1.41 bits per heavy atom. The molecule has 14 heteroatoms. The van der Waals surface area contributed by atoms with E-state index in [1.54, 1.807) is 0 Å². The first-order chi connectivity index (χ1) is 15.0. The van der Waals surface area contributed by atoms with Crippen LogP contribution in [-0.4, -0.2) is 71.3 Å². The molecule has 1 saturated heterocycles. The molecule has 3 atom stereocenters. The summed E-state index contributed by atoms with van der Waals surface area (Å²) in [5, 5.41) is 21.2. The fraction of sp³-hybridized carbons (Fsp3) is 0.389. The van der Waals surface area contributed by atoms with Crippen molar-refractivity contribution in [3.63, 3.8) is 0 Å². The van der Waals surface area contributed by atoms with Crippen LogP contribution in [0.1, 0.15) is 18.5 Å². The molecule has 0 aliphatic carbocycles. The zero-order valence-corrected chi connectivity index (χ0v) is 18.7. The Labute approximate surface area is 187 Å². The quantitative estimate of drug-likeness (QED) is 0.236. The topological polar surface area (TPSA) is 188 Å². The number of nitrogens with zero attached hydrogens (tertiary/aromatic N) is 1. The molecule has 1 aromatic rings. The van der Waals surface area contributed by atoms with Crippen LogP contribution >= 0.6 is 11.8 Å². The van der Waals surface area contributed by atoms with Crippen molar-refractivity contribution >= 4 is 45.3 Å². The fourth-order valence-electron chi connectivity index (χ4n) is 3.21. The van der Waals surface area contributed by atoms with Crippen molar-refractivity contribution in [3.05, 3.63) is 35.2 Å². The predicted octanol–water partition coefficient (Wildman–Crippen LogP) is -0.504. The van der Waals surface area contributed by atoms with Crippen molar-refractivity contribution in [1.29, 1.82) is 0 Å². The van der Waals surface area contributed by atoms with Gasteiger partial charge in [0.15, 0.2) is 5.70 Å². The number of nitrogens with one attached hydrogen (secondary N) is 2. The molecule has 0 saturated carbocycles. The second-order valence-electron chi connectivity index (χ2n) is 6.94. The largest absolute Gasteiger partial charge is 0.506 e. The lowest BCUT2D eigenvalue weighted by molar-refractivity contribution is -0.151. The summed E-state index contributed by atoms with van der Waals surface area (Å²) in [6.45, 7) is 1.42. The third-order valence-electron chi connectivity index (χ3n) is 4.99. The van der Waals surface area contributed by atoms with Gasteiger partial charge >= 0.3 is 5.97 Å². The molecule has 32 heavy (non-hydrogen) atoms. The summed E-state index contributed by atoms with van der Waals surface area (Å²) in [5.74, 6) is -2.85. The first kappa shape index (κ1) is 23.7. The van der Waals surface area contributed by atoms with E-state index in [0.29, 0.717) is 0 Å². The zero-order chi connectivity index (χ0) is 23.8. The lowest BCUT2D eigenvalue weighted by Crippen LogP contribution is -2.71. The van der Waals surface area contributed by atoms with Gasteiger partial charge in [0.05, 0.1) is 24.3 Å². The number of benzene rings is 1. The van der Waals surface area contributed by atoms with Crippen molar-refractivity contribution in [2.45, 2.75) is 24.4 Å². The lowest BCUT2D eigenvalue weighted by Gasteiger charge is -2.49. The molecule has 6 N–H and O–H groups in total. The number of nitrogens with two attached hydrogens (primary N) is 1. The number of hydrogen-bond donors (Lipinski definition) is 5. The van der Waals surface area contributed by atoms with Crippen LogP contribution in [0.15, 0.2) is 29.7 Å². The molecule has 0 spiro atoms. The van der Waals surface area contributed by atoms with Crippen molar-refractivity contribution in [1.82, 2.24) is 10.2 Å². The first-order valence-electron chi connectivity index (χ1n) is 9.35. The highest BCUT2D eigenvalue weighted by atomic mass is 32.2. The highest BCUT2D eigenvalue weighted by Crippen LogP contribution is 2.40. The summed E-state index contributed by atoms with van der Waals surface area (Å²) < 4.78 is 30.8. The number of carboxylic acid groups (broad SMARTS) is 1. The van der Waals surface area contributed by atoms with Crippen molar-refractivity contribution in [3.8, 4) is 5.75 Å². The number of thioether (sulfide) groups is 1. The number of rotatable bonds is 8. The maximum absolute atomic E-state index is 12.7. The number of sulfonamides is 1. The van der Waals surface area contributed by atoms with Gasteiger partial charge in [0.25, 0.3) is 5.91 Å². The number of aliphatic carboxylic acids is 1. The normalized spacial score (nSPS) is 21.3. The second-order valence-corrected chi connectivity index (χ2v) is 10.1. The number of phenolic OH excluding ortho intramolecular Hbond substituents is 1. The van der Waals surface area contributed by atoms with Gasteiger partial charge in [0.2, 0.25) is 15.9 Å². The van der Waals surface area contributed by atoms with Crippen LogP contribution < -0.4 is 15.8 Å². The van der Waals surface area contributed by atoms with Gasteiger partial charge in [-0.3, -0.25) is 19.2 Å². The standard InChI is InChI=1S/C18H22N4O8S2/c1-3-32(28,29)21-9-6-8(4-5-10(9)23)12(19)15(24)20-13-16(25)22-14(18(26)27)11(30-2)7-31-17(13)22/h4-6,12-13,17,21,23H,3,7,19H2,1-2H3,(H,20,24)(H,26,27)/t12-,13-,17-/m1/s1. The van der Waals surface area contributed by atoms with Crippen LogP contribution in [-0.2, 0) is 29.1 Å². The minimum Gasteiger partial charge on any atom is -0.506 e. The Balaban J connectivity index is 1.74. The van der Waals surface area contributed by atoms with E-state index in [9.17, 15) is 33.0 Å². The van der Waals surface area contributed by atoms with Crippen LogP contribution in [0.3, 0.4) is 0 Å². The third-order valence-corrected chi connectivity index (χ3v) is 7.53. The molecule has 12 nitrogen and oxygen atoms in total. The van der Waals surface area contributed by atoms with E-state index in [1.807, 2.05) is 0 Å². The number of carbonyl (C=O) groups is 3. The summed E-state index contributed by atoms with van der Waals surface area (Å²) in [7, 11) is -2.36. The zero-order valence-electron chi connectivity index (χ0n) is 17.1. The van der Waals surface area contributed by atoms with E-state index in [0.717, 1.165) is 4.90 Å². The average molecular weight is 487 g/mol. The molecule has 174 valence electrons. The van der Waals surface area contributed by atoms with Gasteiger partial charge < -0.3 is 26.0 Å². The molecule has 0 bridgehead atoms. The molecule has 1 fully saturated rings. The van der Waals surface area contributed by atoms with Crippen LogP contribution in [0.5, 0.6) is 5.75 Å². The van der Waals surface area contributed by atoms with Crippen molar-refractivity contribution in [2.75, 3.05) is 23.3 Å². The molecule has 2 aliphatic heterocycles. The van der Waals surface area contributed by atoms with Gasteiger partial charge in [0.1, 0.15) is 29.0 Å². The average Bonchev–Trinajstić information content (AvgIpc) is 2.76. The van der Waals surface area contributed by atoms with Crippen LogP contribution in [0.4, 0.5) is 5.69 Å². The Kier molecular flexibility index (Phi) is 6.57. The summed E-state index contributed by atoms with van der Waals surface area (Å²) >= 11 is 1.24. The van der Waals surface area contributed by atoms with E-state index in [4.69, 9.17) is 10.5 Å². The Bertz CT molecular complexity index is 1100. The van der Waals surface area contributed by atoms with Crippen LogP contribution in [0, 0.1) is 0 Å². The van der Waals surface area contributed by atoms with Gasteiger partial charge in [-0.25, -0.2) is 13.2 Å². The van der Waals surface area contributed by atoms with Gasteiger partial charge in [-0.2, -0.15) is 0 Å². The molecule has 2 amide bonds. The molecule has 3 rings (SSSR count). The number of β-lactam (4-membered cyclic amide) rings is 1. The number of fused-ring (bicyclic) bond motifs is 1. The van der Waals surface area contributed by atoms with Gasteiger partial charge in [-0.15, -0.1) is 11.8 Å². The SMILES string of the molecule is CCS(=O)(=O)Nc1cc([C@@H](N)C(=O)N[C@@H]2C(=O)N3C(C(=O)O)=C(OC)CS[C@H]23)ccc1O. The van der Waals surface area contributed by atoms with Gasteiger partial charge in [-0.05, 0) is 24.6 Å². The molecule has 2 heterocycles. The van der Waals surface area contributed by atoms with Gasteiger partial charge in [-0.1, -0.05) is 6.07 Å². The molecule has 2 aliphatic rings. The Morgan fingerprint density at radius 2 is 2.09 bits per heavy atom. The maximum Gasteiger partial charge on any atom is 0.356 e. The summed E-state index contributed by atoms with van der Waals surface area (Å²) in [5.41, 5.74) is 5.79.